The van der Waals surface area contributed by atoms with Crippen molar-refractivity contribution in [2.45, 2.75) is 26.4 Å². The van der Waals surface area contributed by atoms with Crippen LogP contribution in [0.15, 0.2) is 39.0 Å². The molecule has 0 aliphatic carbocycles. The van der Waals surface area contributed by atoms with E-state index in [4.69, 9.17) is 11.6 Å². The summed E-state index contributed by atoms with van der Waals surface area (Å²) in [6.45, 7) is 3.90. The number of hydrogen-bond acceptors (Lipinski definition) is 5. The molecule has 9 heteroatoms. The van der Waals surface area contributed by atoms with Crippen LogP contribution in [-0.4, -0.2) is 24.4 Å². The van der Waals surface area contributed by atoms with Gasteiger partial charge in [-0.1, -0.05) is 29.8 Å². The second-order valence-corrected chi connectivity index (χ2v) is 6.75. The number of aromatic nitrogens is 4. The summed E-state index contributed by atoms with van der Waals surface area (Å²) in [5.74, 6) is 0.445. The lowest BCUT2D eigenvalue weighted by atomic mass is 10.2. The molecule has 3 aromatic rings. The number of nitrogens with zero attached hydrogens (tertiary/aromatic N) is 5. The van der Waals surface area contributed by atoms with Gasteiger partial charge in [0.25, 0.3) is 5.56 Å². The van der Waals surface area contributed by atoms with Crippen molar-refractivity contribution in [1.82, 2.24) is 18.7 Å². The third-order valence-electron chi connectivity index (χ3n) is 4.79. The van der Waals surface area contributed by atoms with Crippen LogP contribution in [0, 0.1) is 0 Å². The Balaban J connectivity index is 2.01. The predicted molar refractivity (Wildman–Crippen MR) is 101 cm³/mol. The molecule has 0 radical (unpaired) electrons. The maximum absolute atomic E-state index is 13.2. The zero-order valence-corrected chi connectivity index (χ0v) is 15.3. The van der Waals surface area contributed by atoms with E-state index >= 15 is 0 Å². The number of aryl methyl sites for hydroxylation is 1. The van der Waals surface area contributed by atoms with Crippen LogP contribution in [0.4, 0.5) is 5.95 Å². The third kappa shape index (κ3) is 2.29. The molecular formula is C17H17ClN6O2. The minimum atomic E-state index is -0.442. The molecule has 2 aromatic heterocycles. The summed E-state index contributed by atoms with van der Waals surface area (Å²) in [4.78, 5) is 30.3. The molecule has 0 fully saturated rings. The highest BCUT2D eigenvalue weighted by Gasteiger charge is 2.26. The van der Waals surface area contributed by atoms with Crippen molar-refractivity contribution in [2.75, 3.05) is 5.43 Å². The number of anilines is 1. The summed E-state index contributed by atoms with van der Waals surface area (Å²) in [6, 6.07) is 7.01. The zero-order chi connectivity index (χ0) is 18.6. The molecule has 8 nitrogen and oxygen atoms in total. The van der Waals surface area contributed by atoms with Gasteiger partial charge < -0.3 is 0 Å². The average molecular weight is 373 g/mol. The summed E-state index contributed by atoms with van der Waals surface area (Å²) in [7, 11) is 1.60. The first kappa shape index (κ1) is 16.6. The minimum Gasteiger partial charge on any atom is -0.294 e. The van der Waals surface area contributed by atoms with Crippen LogP contribution in [-0.2, 0) is 13.6 Å². The van der Waals surface area contributed by atoms with E-state index in [0.717, 1.165) is 5.71 Å². The van der Waals surface area contributed by atoms with Gasteiger partial charge in [0, 0.05) is 12.1 Å². The largest absolute Gasteiger partial charge is 0.332 e. The number of rotatable bonds is 2. The quantitative estimate of drug-likeness (QED) is 0.745. The van der Waals surface area contributed by atoms with Gasteiger partial charge in [-0.15, -0.1) is 0 Å². The molecule has 1 aromatic carbocycles. The molecule has 0 bridgehead atoms. The number of nitrogens with one attached hydrogen (secondary N) is 1. The van der Waals surface area contributed by atoms with Crippen molar-refractivity contribution >= 4 is 34.4 Å². The molecule has 0 saturated carbocycles. The van der Waals surface area contributed by atoms with Crippen LogP contribution in [0.2, 0.25) is 5.02 Å². The van der Waals surface area contributed by atoms with Gasteiger partial charge in [0.15, 0.2) is 11.2 Å². The average Bonchev–Trinajstić information content (AvgIpc) is 3.02. The van der Waals surface area contributed by atoms with Gasteiger partial charge in [0.1, 0.15) is 0 Å². The molecule has 134 valence electrons. The Morgan fingerprint density at radius 3 is 2.73 bits per heavy atom. The SMILES string of the molecule is CC1=NNc2nc3c(c(=O)n(Cc4ccccc4Cl)c(=O)n3C)n2[C@H]1C. The van der Waals surface area contributed by atoms with Gasteiger partial charge >= 0.3 is 5.69 Å². The van der Waals surface area contributed by atoms with Crippen molar-refractivity contribution in [2.24, 2.45) is 12.1 Å². The molecule has 1 aliphatic rings. The van der Waals surface area contributed by atoms with E-state index in [9.17, 15) is 9.59 Å². The van der Waals surface area contributed by atoms with E-state index in [-0.39, 0.29) is 12.6 Å². The molecule has 1 N–H and O–H groups in total. The van der Waals surface area contributed by atoms with Crippen molar-refractivity contribution in [3.63, 3.8) is 0 Å². The number of benzene rings is 1. The second-order valence-electron chi connectivity index (χ2n) is 6.34. The van der Waals surface area contributed by atoms with E-state index in [1.165, 1.54) is 9.13 Å². The minimum absolute atomic E-state index is 0.0938. The second kappa shape index (κ2) is 5.84. The summed E-state index contributed by atoms with van der Waals surface area (Å²) in [6.07, 6.45) is 0. The maximum Gasteiger partial charge on any atom is 0.332 e. The lowest BCUT2D eigenvalue weighted by molar-refractivity contribution is 0.645. The van der Waals surface area contributed by atoms with Crippen molar-refractivity contribution in [3.05, 3.63) is 55.7 Å². The Morgan fingerprint density at radius 1 is 1.27 bits per heavy atom. The Morgan fingerprint density at radius 2 is 2.00 bits per heavy atom. The Bertz CT molecular complexity index is 1190. The molecule has 0 saturated heterocycles. The first-order valence-electron chi connectivity index (χ1n) is 8.15. The van der Waals surface area contributed by atoms with Gasteiger partial charge in [0.2, 0.25) is 5.95 Å². The van der Waals surface area contributed by atoms with Gasteiger partial charge in [-0.2, -0.15) is 10.1 Å². The lowest BCUT2D eigenvalue weighted by Crippen LogP contribution is -2.40. The molecule has 0 spiro atoms. The molecule has 0 unspecified atom stereocenters. The van der Waals surface area contributed by atoms with Crippen molar-refractivity contribution < 1.29 is 0 Å². The van der Waals surface area contributed by atoms with Crippen molar-refractivity contribution in [1.29, 1.82) is 0 Å². The highest BCUT2D eigenvalue weighted by Crippen LogP contribution is 2.25. The van der Waals surface area contributed by atoms with Crippen molar-refractivity contribution in [3.8, 4) is 0 Å². The van der Waals surface area contributed by atoms with Crippen LogP contribution in [0.5, 0.6) is 0 Å². The summed E-state index contributed by atoms with van der Waals surface area (Å²) in [5, 5.41) is 4.71. The zero-order valence-electron chi connectivity index (χ0n) is 14.5. The van der Waals surface area contributed by atoms with E-state index < -0.39 is 11.2 Å². The topological polar surface area (TPSA) is 86.2 Å². The fourth-order valence-corrected chi connectivity index (χ4v) is 3.35. The van der Waals surface area contributed by atoms with E-state index in [1.807, 2.05) is 19.9 Å². The molecule has 3 heterocycles. The van der Waals surface area contributed by atoms with E-state index in [1.54, 1.807) is 29.8 Å². The van der Waals surface area contributed by atoms with Crippen LogP contribution in [0.3, 0.4) is 0 Å². The van der Waals surface area contributed by atoms with Crippen LogP contribution in [0.25, 0.3) is 11.2 Å². The standard InChI is InChI=1S/C17H17ClN6O2/c1-9-10(2)24-13-14(19-16(24)21-20-9)22(3)17(26)23(15(13)25)8-11-6-4-5-7-12(11)18/h4-7,10H,8H2,1-3H3,(H,19,21)/t10-/m0/s1. The van der Waals surface area contributed by atoms with Gasteiger partial charge in [0.05, 0.1) is 18.3 Å². The number of imidazole rings is 1. The highest BCUT2D eigenvalue weighted by atomic mass is 35.5. The molecule has 1 atom stereocenters. The normalized spacial score (nSPS) is 16.3. The lowest BCUT2D eigenvalue weighted by Gasteiger charge is -2.21. The molecule has 0 amide bonds. The van der Waals surface area contributed by atoms with E-state index in [2.05, 4.69) is 15.5 Å². The fourth-order valence-electron chi connectivity index (χ4n) is 3.15. The van der Waals surface area contributed by atoms with Gasteiger partial charge in [-0.3, -0.25) is 18.5 Å². The maximum atomic E-state index is 13.2. The third-order valence-corrected chi connectivity index (χ3v) is 5.16. The summed E-state index contributed by atoms with van der Waals surface area (Å²) >= 11 is 6.21. The fraction of sp³-hybridized carbons (Fsp3) is 0.294. The summed E-state index contributed by atoms with van der Waals surface area (Å²) in [5.41, 5.74) is 4.22. The van der Waals surface area contributed by atoms with E-state index in [0.29, 0.717) is 27.7 Å². The number of hydrogen-bond donors (Lipinski definition) is 1. The molecular weight excluding hydrogens is 356 g/mol. The van der Waals surface area contributed by atoms with Gasteiger partial charge in [-0.05, 0) is 25.5 Å². The van der Waals surface area contributed by atoms with Gasteiger partial charge in [-0.25, -0.2) is 10.2 Å². The number of fused-ring (bicyclic) bond motifs is 3. The molecule has 1 aliphatic heterocycles. The Kier molecular flexibility index (Phi) is 3.73. The Labute approximate surface area is 153 Å². The number of halogens is 1. The van der Waals surface area contributed by atoms with Crippen LogP contribution < -0.4 is 16.7 Å². The Hall–Kier alpha value is -2.87. The summed E-state index contributed by atoms with van der Waals surface area (Å²) < 4.78 is 4.34. The first-order chi connectivity index (χ1) is 12.4. The number of hydrazone groups is 1. The predicted octanol–water partition coefficient (Wildman–Crippen LogP) is 1.96. The van der Waals surface area contributed by atoms with Crippen LogP contribution >= 0.6 is 11.6 Å². The highest BCUT2D eigenvalue weighted by molar-refractivity contribution is 6.31. The monoisotopic (exact) mass is 372 g/mol. The molecule has 4 rings (SSSR count). The smallest absolute Gasteiger partial charge is 0.294 e. The molecule has 26 heavy (non-hydrogen) atoms. The first-order valence-corrected chi connectivity index (χ1v) is 8.53. The van der Waals surface area contributed by atoms with Crippen LogP contribution in [0.1, 0.15) is 25.5 Å².